The number of carboxylic acids is 1. The van der Waals surface area contributed by atoms with Gasteiger partial charge in [-0.25, -0.2) is 9.10 Å². The first-order valence-electron chi connectivity index (χ1n) is 8.41. The molecule has 1 aliphatic rings. The van der Waals surface area contributed by atoms with Crippen LogP contribution in [-0.4, -0.2) is 48.8 Å². The van der Waals surface area contributed by atoms with Gasteiger partial charge in [0.05, 0.1) is 15.5 Å². The molecule has 5 nitrogen and oxygen atoms in total. The summed E-state index contributed by atoms with van der Waals surface area (Å²) < 4.78 is 20.4. The summed E-state index contributed by atoms with van der Waals surface area (Å²) >= 11 is 3.05. The fraction of sp³-hybridized carbons (Fsp3) is 0.500. The normalized spacial score (nSPS) is 14.8. The number of hydrogen-bond donors (Lipinski definition) is 1. The molecule has 0 atom stereocenters. The maximum absolute atomic E-state index is 13.1. The van der Waals surface area contributed by atoms with E-state index in [2.05, 4.69) is 23.1 Å². The molecule has 1 aliphatic heterocycles. The molecule has 0 fully saturated rings. The fourth-order valence-electron chi connectivity index (χ4n) is 1.94. The number of halogens is 1. The lowest BCUT2D eigenvalue weighted by atomic mass is 10.2. The summed E-state index contributed by atoms with van der Waals surface area (Å²) in [4.78, 5) is 14.5. The zero-order valence-corrected chi connectivity index (χ0v) is 17.5. The largest absolute Gasteiger partial charge is 0.476 e. The SMILES string of the molecule is CCCC.CSc1cc2c(cc1O/C=C(\F)C(=O)O)SN(C)CCN2C. The number of hydrogen-bond acceptors (Lipinski definition) is 6. The van der Waals surface area contributed by atoms with Gasteiger partial charge in [-0.15, -0.1) is 11.8 Å². The van der Waals surface area contributed by atoms with Crippen LogP contribution in [0.5, 0.6) is 5.75 Å². The molecular weight excluding hydrogens is 375 g/mol. The molecule has 0 aliphatic carbocycles. The Bertz CT molecular complexity index is 639. The van der Waals surface area contributed by atoms with E-state index in [-0.39, 0.29) is 0 Å². The average molecular weight is 403 g/mol. The van der Waals surface area contributed by atoms with E-state index in [1.54, 1.807) is 11.9 Å². The zero-order valence-electron chi connectivity index (χ0n) is 15.9. The second kappa shape index (κ2) is 11.4. The maximum atomic E-state index is 13.1. The van der Waals surface area contributed by atoms with Gasteiger partial charge < -0.3 is 14.7 Å². The van der Waals surface area contributed by atoms with Crippen molar-refractivity contribution in [2.24, 2.45) is 0 Å². The van der Waals surface area contributed by atoms with Crippen LogP contribution >= 0.6 is 23.7 Å². The van der Waals surface area contributed by atoms with Crippen molar-refractivity contribution in [2.45, 2.75) is 36.5 Å². The molecule has 0 unspecified atom stereocenters. The number of ether oxygens (including phenoxy) is 1. The molecule has 0 spiro atoms. The number of carbonyl (C=O) groups is 1. The predicted octanol–water partition coefficient (Wildman–Crippen LogP) is 4.88. The maximum Gasteiger partial charge on any atom is 0.368 e. The highest BCUT2D eigenvalue weighted by atomic mass is 32.2. The van der Waals surface area contributed by atoms with Crippen LogP contribution < -0.4 is 9.64 Å². The smallest absolute Gasteiger partial charge is 0.368 e. The molecule has 0 bridgehead atoms. The van der Waals surface area contributed by atoms with Crippen LogP contribution in [0.25, 0.3) is 0 Å². The molecular formula is C18H27FN2O3S2. The van der Waals surface area contributed by atoms with Crippen molar-refractivity contribution in [3.8, 4) is 5.75 Å². The Morgan fingerprint density at radius 1 is 1.35 bits per heavy atom. The molecule has 0 saturated carbocycles. The fourth-order valence-corrected chi connectivity index (χ4v) is 3.46. The Hall–Kier alpha value is -1.38. The van der Waals surface area contributed by atoms with Crippen LogP contribution in [0.3, 0.4) is 0 Å². The van der Waals surface area contributed by atoms with Crippen molar-refractivity contribution in [1.29, 1.82) is 0 Å². The number of likely N-dealkylation sites (N-methyl/N-ethyl adjacent to an activating group) is 2. The number of thioether (sulfide) groups is 1. The van der Waals surface area contributed by atoms with E-state index in [1.165, 1.54) is 24.6 Å². The van der Waals surface area contributed by atoms with E-state index in [1.807, 2.05) is 32.5 Å². The quantitative estimate of drug-likeness (QED) is 0.326. The summed E-state index contributed by atoms with van der Waals surface area (Å²) in [7, 11) is 4.02. The lowest BCUT2D eigenvalue weighted by Crippen LogP contribution is -2.24. The highest BCUT2D eigenvalue weighted by molar-refractivity contribution is 7.98. The molecule has 1 heterocycles. The topological polar surface area (TPSA) is 53.0 Å². The van der Waals surface area contributed by atoms with Crippen LogP contribution in [0, 0.1) is 0 Å². The first-order chi connectivity index (χ1) is 12.3. The lowest BCUT2D eigenvalue weighted by molar-refractivity contribution is -0.134. The highest BCUT2D eigenvalue weighted by Gasteiger charge is 2.19. The summed E-state index contributed by atoms with van der Waals surface area (Å²) in [5, 5.41) is 8.54. The number of carboxylic acid groups (broad SMARTS) is 1. The van der Waals surface area contributed by atoms with E-state index in [9.17, 15) is 9.18 Å². The van der Waals surface area contributed by atoms with Gasteiger partial charge >= 0.3 is 5.97 Å². The monoisotopic (exact) mass is 402 g/mol. The second-order valence-electron chi connectivity index (χ2n) is 5.72. The van der Waals surface area contributed by atoms with Gasteiger partial charge in [0.15, 0.2) is 0 Å². The van der Waals surface area contributed by atoms with E-state index in [4.69, 9.17) is 9.84 Å². The molecule has 0 aromatic heterocycles. The van der Waals surface area contributed by atoms with Gasteiger partial charge in [-0.2, -0.15) is 4.39 Å². The number of anilines is 1. The van der Waals surface area contributed by atoms with E-state index < -0.39 is 11.8 Å². The van der Waals surface area contributed by atoms with Crippen molar-refractivity contribution >= 4 is 35.4 Å². The predicted molar refractivity (Wildman–Crippen MR) is 108 cm³/mol. The van der Waals surface area contributed by atoms with E-state index >= 15 is 0 Å². The molecule has 8 heteroatoms. The van der Waals surface area contributed by atoms with Gasteiger partial charge in [-0.1, -0.05) is 26.7 Å². The Kier molecular flexibility index (Phi) is 9.90. The Morgan fingerprint density at radius 3 is 2.54 bits per heavy atom. The number of rotatable bonds is 5. The summed E-state index contributed by atoms with van der Waals surface area (Å²) in [5.41, 5.74) is 1.08. The molecule has 1 aromatic rings. The summed E-state index contributed by atoms with van der Waals surface area (Å²) in [6, 6.07) is 3.80. The molecule has 0 saturated heterocycles. The number of unbranched alkanes of at least 4 members (excludes halogenated alkanes) is 1. The third kappa shape index (κ3) is 6.74. The standard InChI is InChI=1S/C14H17FN2O3S2.C4H10/c1-16-4-5-17(2)22-12-7-11(13(21-3)6-10(12)16)20-8-9(15)14(18)19;1-3-4-2/h6-8H,4-5H2,1-3H3,(H,18,19);3-4H2,1-2H3/b9-8-;. The third-order valence-corrected chi connectivity index (χ3v) is 5.43. The Labute approximate surface area is 163 Å². The number of nitrogens with zero attached hydrogens (tertiary/aromatic N) is 2. The van der Waals surface area contributed by atoms with Gasteiger partial charge in [0.1, 0.15) is 12.0 Å². The van der Waals surface area contributed by atoms with Crippen molar-refractivity contribution in [3.63, 3.8) is 0 Å². The van der Waals surface area contributed by atoms with Crippen LogP contribution in [-0.2, 0) is 4.79 Å². The molecule has 146 valence electrons. The van der Waals surface area contributed by atoms with E-state index in [0.29, 0.717) is 12.0 Å². The van der Waals surface area contributed by atoms with Crippen molar-refractivity contribution in [2.75, 3.05) is 38.3 Å². The Morgan fingerprint density at radius 2 is 2.00 bits per heavy atom. The van der Waals surface area contributed by atoms with Crippen molar-refractivity contribution < 1.29 is 19.0 Å². The zero-order chi connectivity index (χ0) is 19.7. The van der Waals surface area contributed by atoms with E-state index in [0.717, 1.165) is 28.6 Å². The van der Waals surface area contributed by atoms with Gasteiger partial charge in [0.25, 0.3) is 0 Å². The molecule has 1 aromatic carbocycles. The molecule has 1 N–H and O–H groups in total. The number of aliphatic carboxylic acids is 1. The first kappa shape index (κ1) is 22.7. The second-order valence-corrected chi connectivity index (χ2v) is 7.82. The van der Waals surface area contributed by atoms with Crippen LogP contribution in [0.2, 0.25) is 0 Å². The average Bonchev–Trinajstić information content (AvgIpc) is 2.77. The van der Waals surface area contributed by atoms with Gasteiger partial charge in [0, 0.05) is 20.1 Å². The third-order valence-electron chi connectivity index (χ3n) is 3.65. The number of benzene rings is 1. The molecule has 2 rings (SSSR count). The molecule has 0 radical (unpaired) electrons. The number of fused-ring (bicyclic) bond motifs is 1. The Balaban J connectivity index is 0.000000765. The van der Waals surface area contributed by atoms with Gasteiger partial charge in [-0.3, -0.25) is 0 Å². The summed E-state index contributed by atoms with van der Waals surface area (Å²) in [6.45, 7) is 6.17. The first-order valence-corrected chi connectivity index (χ1v) is 10.4. The highest BCUT2D eigenvalue weighted by Crippen LogP contribution is 2.41. The minimum absolute atomic E-state index is 0.443. The minimum Gasteiger partial charge on any atom is -0.476 e. The summed E-state index contributed by atoms with van der Waals surface area (Å²) in [5.74, 6) is -2.53. The lowest BCUT2D eigenvalue weighted by Gasteiger charge is -2.20. The van der Waals surface area contributed by atoms with Crippen molar-refractivity contribution in [1.82, 2.24) is 4.31 Å². The molecule has 26 heavy (non-hydrogen) atoms. The van der Waals surface area contributed by atoms with Crippen LogP contribution in [0.15, 0.2) is 34.0 Å². The van der Waals surface area contributed by atoms with Gasteiger partial charge in [0.2, 0.25) is 5.83 Å². The van der Waals surface area contributed by atoms with Gasteiger partial charge in [-0.05, 0) is 37.4 Å². The molecule has 0 amide bonds. The van der Waals surface area contributed by atoms with Crippen LogP contribution in [0.1, 0.15) is 26.7 Å². The van der Waals surface area contributed by atoms with Crippen molar-refractivity contribution in [3.05, 3.63) is 24.2 Å². The summed E-state index contributed by atoms with van der Waals surface area (Å²) in [6.07, 6.45) is 5.15. The minimum atomic E-state index is -1.64. The van der Waals surface area contributed by atoms with Crippen LogP contribution in [0.4, 0.5) is 10.1 Å².